The monoisotopic (exact) mass is 182 g/mol. The summed E-state index contributed by atoms with van der Waals surface area (Å²) in [5, 5.41) is 0. The first kappa shape index (κ1) is 11.9. The summed E-state index contributed by atoms with van der Waals surface area (Å²) in [5.74, 6) is -0.213. The zero-order valence-electron chi connectivity index (χ0n) is 8.51. The third-order valence-corrected chi connectivity index (χ3v) is 1.64. The molecule has 2 nitrogen and oxygen atoms in total. The van der Waals surface area contributed by atoms with Gasteiger partial charge in [-0.15, -0.1) is 6.58 Å². The molecule has 0 rings (SSSR count). The Bertz CT molecular complexity index is 192. The molecule has 0 N–H and O–H groups in total. The molecular formula is C11H18O2. The predicted octanol–water partition coefficient (Wildman–Crippen LogP) is 2.85. The van der Waals surface area contributed by atoms with E-state index < -0.39 is 0 Å². The quantitative estimate of drug-likeness (QED) is 0.273. The second-order valence-corrected chi connectivity index (χ2v) is 2.90. The van der Waals surface area contributed by atoms with Crippen molar-refractivity contribution in [2.45, 2.75) is 33.1 Å². The van der Waals surface area contributed by atoms with Gasteiger partial charge >= 0.3 is 5.97 Å². The van der Waals surface area contributed by atoms with Crippen LogP contribution in [0.15, 0.2) is 24.3 Å². The predicted molar refractivity (Wildman–Crippen MR) is 54.4 cm³/mol. The molecule has 2 heteroatoms. The minimum Gasteiger partial charge on any atom is -0.462 e. The average molecular weight is 182 g/mol. The number of carbonyl (C=O) groups is 1. The molecule has 0 atom stereocenters. The van der Waals surface area contributed by atoms with Gasteiger partial charge in [-0.2, -0.15) is 0 Å². The topological polar surface area (TPSA) is 26.3 Å². The maximum atomic E-state index is 11.2. The van der Waals surface area contributed by atoms with Gasteiger partial charge in [0.2, 0.25) is 0 Å². The van der Waals surface area contributed by atoms with Crippen LogP contribution in [0.4, 0.5) is 0 Å². The summed E-state index contributed by atoms with van der Waals surface area (Å²) >= 11 is 0. The Morgan fingerprint density at radius 2 is 2.23 bits per heavy atom. The van der Waals surface area contributed by atoms with E-state index in [1.165, 1.54) is 0 Å². The van der Waals surface area contributed by atoms with E-state index in [4.69, 9.17) is 4.74 Å². The van der Waals surface area contributed by atoms with E-state index in [0.29, 0.717) is 18.6 Å². The lowest BCUT2D eigenvalue weighted by molar-refractivity contribution is -0.139. The minimum atomic E-state index is -0.213. The van der Waals surface area contributed by atoms with Crippen molar-refractivity contribution in [2.75, 3.05) is 6.61 Å². The van der Waals surface area contributed by atoms with Crippen LogP contribution in [0.5, 0.6) is 0 Å². The Hall–Kier alpha value is -1.05. The van der Waals surface area contributed by atoms with Gasteiger partial charge in [0.25, 0.3) is 0 Å². The first-order valence-electron chi connectivity index (χ1n) is 4.67. The van der Waals surface area contributed by atoms with E-state index in [1.54, 1.807) is 13.0 Å². The fraction of sp³-hybridized carbons (Fsp3) is 0.545. The van der Waals surface area contributed by atoms with Crippen molar-refractivity contribution in [3.63, 3.8) is 0 Å². The number of ether oxygens (including phenoxy) is 1. The Kier molecular flexibility index (Phi) is 6.98. The van der Waals surface area contributed by atoms with Crippen LogP contribution >= 0.6 is 0 Å². The molecule has 0 unspecified atom stereocenters. The molecule has 0 amide bonds. The molecule has 0 aromatic heterocycles. The van der Waals surface area contributed by atoms with E-state index in [9.17, 15) is 4.79 Å². The maximum absolute atomic E-state index is 11.2. The summed E-state index contributed by atoms with van der Waals surface area (Å²) in [5.41, 5.74) is 0.663. The zero-order chi connectivity index (χ0) is 10.1. The largest absolute Gasteiger partial charge is 0.462 e. The van der Waals surface area contributed by atoms with Crippen molar-refractivity contribution in [3.8, 4) is 0 Å². The second-order valence-electron chi connectivity index (χ2n) is 2.90. The lowest BCUT2D eigenvalue weighted by Gasteiger charge is -2.02. The molecule has 0 heterocycles. The average Bonchev–Trinajstić information content (AvgIpc) is 2.14. The molecule has 0 aliphatic rings. The number of esters is 1. The molecule has 0 aliphatic carbocycles. The van der Waals surface area contributed by atoms with Gasteiger partial charge in [0.1, 0.15) is 0 Å². The third kappa shape index (κ3) is 6.14. The Labute approximate surface area is 80.3 Å². The van der Waals surface area contributed by atoms with E-state index in [2.05, 4.69) is 13.5 Å². The zero-order valence-corrected chi connectivity index (χ0v) is 8.51. The van der Waals surface area contributed by atoms with Gasteiger partial charge < -0.3 is 4.74 Å². The fourth-order valence-corrected chi connectivity index (χ4v) is 0.766. The van der Waals surface area contributed by atoms with E-state index >= 15 is 0 Å². The molecular weight excluding hydrogens is 164 g/mol. The summed E-state index contributed by atoms with van der Waals surface area (Å²) in [4.78, 5) is 11.2. The van der Waals surface area contributed by atoms with Crippen LogP contribution in [0.3, 0.4) is 0 Å². The van der Waals surface area contributed by atoms with Gasteiger partial charge in [0.05, 0.1) is 6.61 Å². The van der Waals surface area contributed by atoms with Crippen LogP contribution < -0.4 is 0 Å². The van der Waals surface area contributed by atoms with Crippen LogP contribution in [0.1, 0.15) is 33.1 Å². The Morgan fingerprint density at radius 3 is 2.77 bits per heavy atom. The second kappa shape index (κ2) is 7.59. The molecule has 0 aromatic rings. The molecule has 0 spiro atoms. The van der Waals surface area contributed by atoms with Crippen molar-refractivity contribution >= 4 is 5.97 Å². The molecule has 0 radical (unpaired) electrons. The molecule has 74 valence electrons. The summed E-state index contributed by atoms with van der Waals surface area (Å²) < 4.78 is 5.00. The normalized spacial score (nSPS) is 11.1. The number of unbranched alkanes of at least 4 members (excludes halogenated alkanes) is 1. The van der Waals surface area contributed by atoms with E-state index in [0.717, 1.165) is 12.8 Å². The lowest BCUT2D eigenvalue weighted by Crippen LogP contribution is -2.06. The van der Waals surface area contributed by atoms with Crippen molar-refractivity contribution in [2.24, 2.45) is 0 Å². The first-order valence-corrected chi connectivity index (χ1v) is 4.67. The Balaban J connectivity index is 3.75. The van der Waals surface area contributed by atoms with Gasteiger partial charge in [0.15, 0.2) is 0 Å². The van der Waals surface area contributed by atoms with Crippen LogP contribution in [0, 0.1) is 0 Å². The number of rotatable bonds is 6. The molecule has 0 aliphatic heterocycles. The standard InChI is InChI=1S/C11H18O2/c1-4-6-8-10(3)11(12)13-9-7-5-2/h4,8H,1,5-7,9H2,2-3H3. The lowest BCUT2D eigenvalue weighted by atomic mass is 10.2. The van der Waals surface area contributed by atoms with Crippen LogP contribution in [-0.4, -0.2) is 12.6 Å². The van der Waals surface area contributed by atoms with Crippen LogP contribution in [0.25, 0.3) is 0 Å². The van der Waals surface area contributed by atoms with E-state index in [-0.39, 0.29) is 5.97 Å². The molecule has 0 saturated carbocycles. The molecule has 13 heavy (non-hydrogen) atoms. The number of hydrogen-bond acceptors (Lipinski definition) is 2. The van der Waals surface area contributed by atoms with Gasteiger partial charge in [0, 0.05) is 5.57 Å². The van der Waals surface area contributed by atoms with Crippen molar-refractivity contribution < 1.29 is 9.53 Å². The number of carbonyl (C=O) groups excluding carboxylic acids is 1. The SMILES string of the molecule is C=CCC=C(C)C(=O)OCCCC. The highest BCUT2D eigenvalue weighted by Gasteiger charge is 2.03. The molecule has 0 aromatic carbocycles. The molecule has 0 bridgehead atoms. The highest BCUT2D eigenvalue weighted by Crippen LogP contribution is 2.00. The Morgan fingerprint density at radius 1 is 1.54 bits per heavy atom. The van der Waals surface area contributed by atoms with Crippen LogP contribution in [-0.2, 0) is 9.53 Å². The maximum Gasteiger partial charge on any atom is 0.333 e. The summed E-state index contributed by atoms with van der Waals surface area (Å²) in [6.07, 6.45) is 6.27. The smallest absolute Gasteiger partial charge is 0.333 e. The molecule has 0 fully saturated rings. The van der Waals surface area contributed by atoms with Crippen molar-refractivity contribution in [1.82, 2.24) is 0 Å². The highest BCUT2D eigenvalue weighted by molar-refractivity contribution is 5.87. The first-order chi connectivity index (χ1) is 6.22. The van der Waals surface area contributed by atoms with Gasteiger partial charge in [-0.3, -0.25) is 0 Å². The summed E-state index contributed by atoms with van der Waals surface area (Å²) in [7, 11) is 0. The highest BCUT2D eigenvalue weighted by atomic mass is 16.5. The number of hydrogen-bond donors (Lipinski definition) is 0. The summed E-state index contributed by atoms with van der Waals surface area (Å²) in [6, 6.07) is 0. The summed E-state index contributed by atoms with van der Waals surface area (Å²) in [6.45, 7) is 7.92. The van der Waals surface area contributed by atoms with Gasteiger partial charge in [-0.1, -0.05) is 25.5 Å². The minimum absolute atomic E-state index is 0.213. The fourth-order valence-electron chi connectivity index (χ4n) is 0.766. The van der Waals surface area contributed by atoms with Crippen molar-refractivity contribution in [1.29, 1.82) is 0 Å². The number of allylic oxidation sites excluding steroid dienone is 2. The molecule has 0 saturated heterocycles. The van der Waals surface area contributed by atoms with Gasteiger partial charge in [-0.05, 0) is 19.8 Å². The van der Waals surface area contributed by atoms with Gasteiger partial charge in [-0.25, -0.2) is 4.79 Å². The van der Waals surface area contributed by atoms with E-state index in [1.807, 2.05) is 6.08 Å². The third-order valence-electron chi connectivity index (χ3n) is 1.64. The van der Waals surface area contributed by atoms with Crippen LogP contribution in [0.2, 0.25) is 0 Å². The van der Waals surface area contributed by atoms with Crippen molar-refractivity contribution in [3.05, 3.63) is 24.3 Å².